The Labute approximate surface area is 142 Å². The van der Waals surface area contributed by atoms with Gasteiger partial charge in [0.15, 0.2) is 0 Å². The van der Waals surface area contributed by atoms with Crippen molar-refractivity contribution in [3.8, 4) is 0 Å². The molecule has 0 radical (unpaired) electrons. The van der Waals surface area contributed by atoms with Crippen molar-refractivity contribution in [2.45, 2.75) is 25.9 Å². The maximum absolute atomic E-state index is 12.0. The van der Waals surface area contributed by atoms with Crippen molar-refractivity contribution >= 4 is 29.9 Å². The summed E-state index contributed by atoms with van der Waals surface area (Å²) >= 11 is 0. The Hall–Kier alpha value is -1.63. The van der Waals surface area contributed by atoms with Crippen LogP contribution in [0.2, 0.25) is 0 Å². The molecule has 0 aliphatic carbocycles. The molecule has 3 N–H and O–H groups in total. The number of hydrogen-bond donors (Lipinski definition) is 3. The van der Waals surface area contributed by atoms with Gasteiger partial charge in [0.2, 0.25) is 0 Å². The molecule has 1 saturated heterocycles. The Kier molecular flexibility index (Phi) is 8.61. The molecule has 7 heteroatoms. The van der Waals surface area contributed by atoms with Crippen LogP contribution >= 0.6 is 12.4 Å². The van der Waals surface area contributed by atoms with E-state index in [1.807, 2.05) is 6.92 Å². The van der Waals surface area contributed by atoms with Gasteiger partial charge in [-0.25, -0.2) is 0 Å². The zero-order chi connectivity index (χ0) is 15.8. The van der Waals surface area contributed by atoms with Gasteiger partial charge in [-0.1, -0.05) is 13.0 Å². The molecule has 6 nitrogen and oxygen atoms in total. The highest BCUT2D eigenvalue weighted by Crippen LogP contribution is 2.16. The first kappa shape index (κ1) is 19.4. The highest BCUT2D eigenvalue weighted by molar-refractivity contribution is 5.98. The molecule has 1 atom stereocenters. The van der Waals surface area contributed by atoms with Crippen molar-refractivity contribution in [2.75, 3.05) is 31.6 Å². The molecule has 2 rings (SSSR count). The van der Waals surface area contributed by atoms with Gasteiger partial charge in [-0.05, 0) is 37.6 Å². The van der Waals surface area contributed by atoms with Crippen LogP contribution in [0.25, 0.3) is 0 Å². The molecule has 23 heavy (non-hydrogen) atoms. The summed E-state index contributed by atoms with van der Waals surface area (Å²) in [6.45, 7) is 4.83. The fourth-order valence-electron chi connectivity index (χ4n) is 2.29. The Morgan fingerprint density at radius 1 is 1.30 bits per heavy atom. The number of benzene rings is 1. The van der Waals surface area contributed by atoms with E-state index in [0.717, 1.165) is 25.9 Å². The third kappa shape index (κ3) is 6.17. The molecular weight excluding hydrogens is 318 g/mol. The van der Waals surface area contributed by atoms with Crippen LogP contribution in [0.1, 0.15) is 30.1 Å². The van der Waals surface area contributed by atoms with Gasteiger partial charge in [0.1, 0.15) is 6.10 Å². The van der Waals surface area contributed by atoms with Crippen molar-refractivity contribution in [1.82, 2.24) is 10.6 Å². The summed E-state index contributed by atoms with van der Waals surface area (Å²) in [5.41, 5.74) is 1.14. The van der Waals surface area contributed by atoms with E-state index in [-0.39, 0.29) is 30.3 Å². The minimum atomic E-state index is -0.377. The van der Waals surface area contributed by atoms with Crippen molar-refractivity contribution < 1.29 is 14.3 Å². The van der Waals surface area contributed by atoms with Gasteiger partial charge >= 0.3 is 0 Å². The highest BCUT2D eigenvalue weighted by atomic mass is 35.5. The van der Waals surface area contributed by atoms with Crippen LogP contribution in [0.5, 0.6) is 0 Å². The van der Waals surface area contributed by atoms with E-state index in [9.17, 15) is 9.59 Å². The first-order valence-corrected chi connectivity index (χ1v) is 7.72. The largest absolute Gasteiger partial charge is 0.368 e. The number of anilines is 1. The molecule has 1 aromatic rings. The van der Waals surface area contributed by atoms with E-state index in [1.54, 1.807) is 24.3 Å². The molecular formula is C16H24ClN3O3. The van der Waals surface area contributed by atoms with Crippen LogP contribution in [-0.2, 0) is 9.53 Å². The van der Waals surface area contributed by atoms with Crippen molar-refractivity contribution in [3.05, 3.63) is 29.8 Å². The molecule has 0 bridgehead atoms. The molecule has 1 aromatic carbocycles. The summed E-state index contributed by atoms with van der Waals surface area (Å²) in [5.74, 6) is -0.298. The average molecular weight is 342 g/mol. The van der Waals surface area contributed by atoms with Crippen LogP contribution in [0, 0.1) is 0 Å². The van der Waals surface area contributed by atoms with Gasteiger partial charge in [-0.3, -0.25) is 9.59 Å². The molecule has 2 amide bonds. The quantitative estimate of drug-likeness (QED) is 0.658. The zero-order valence-electron chi connectivity index (χ0n) is 13.3. The number of carbonyl (C=O) groups excluding carboxylic acids is 2. The lowest BCUT2D eigenvalue weighted by Crippen LogP contribution is -2.31. The summed E-state index contributed by atoms with van der Waals surface area (Å²) in [5, 5.41) is 8.77. The predicted octanol–water partition coefficient (Wildman–Crippen LogP) is 1.57. The fraction of sp³-hybridized carbons (Fsp3) is 0.500. The molecule has 0 saturated carbocycles. The normalized spacial score (nSPS) is 16.5. The number of ether oxygens (including phenoxy) is 1. The van der Waals surface area contributed by atoms with Crippen molar-refractivity contribution in [2.24, 2.45) is 0 Å². The van der Waals surface area contributed by atoms with Crippen molar-refractivity contribution in [1.29, 1.82) is 0 Å². The molecule has 1 unspecified atom stereocenters. The molecule has 128 valence electrons. The summed E-state index contributed by atoms with van der Waals surface area (Å²) < 4.78 is 5.34. The standard InChI is InChI=1S/C16H23N3O3.ClH/c1-2-17-8-9-18-15(20)12-5-3-6-13(11-12)19-16(21)14-7-4-10-22-14;/h3,5-6,11,14,17H,2,4,7-10H2,1H3,(H,18,20)(H,19,21);1H. The second kappa shape index (κ2) is 10.2. The maximum Gasteiger partial charge on any atom is 0.253 e. The van der Waals surface area contributed by atoms with Gasteiger partial charge in [0.05, 0.1) is 0 Å². The second-order valence-corrected chi connectivity index (χ2v) is 5.18. The summed E-state index contributed by atoms with van der Waals surface area (Å²) in [7, 11) is 0. The summed E-state index contributed by atoms with van der Waals surface area (Å²) in [4.78, 5) is 24.0. The van der Waals surface area contributed by atoms with E-state index < -0.39 is 0 Å². The van der Waals surface area contributed by atoms with E-state index in [1.165, 1.54) is 0 Å². The van der Waals surface area contributed by atoms with Gasteiger partial charge in [0.25, 0.3) is 11.8 Å². The lowest BCUT2D eigenvalue weighted by molar-refractivity contribution is -0.124. The minimum absolute atomic E-state index is 0. The third-order valence-corrected chi connectivity index (χ3v) is 3.45. The minimum Gasteiger partial charge on any atom is -0.368 e. The summed E-state index contributed by atoms with van der Waals surface area (Å²) in [6, 6.07) is 6.92. The van der Waals surface area contributed by atoms with Gasteiger partial charge in [-0.15, -0.1) is 12.4 Å². The SMILES string of the molecule is CCNCCNC(=O)c1cccc(NC(=O)C2CCCO2)c1.Cl. The number of likely N-dealkylation sites (N-methyl/N-ethyl adjacent to an activating group) is 1. The number of carbonyl (C=O) groups is 2. The van der Waals surface area contributed by atoms with Crippen LogP contribution < -0.4 is 16.0 Å². The molecule has 0 aromatic heterocycles. The lowest BCUT2D eigenvalue weighted by Gasteiger charge is -2.11. The number of amides is 2. The Bertz CT molecular complexity index is 519. The molecule has 1 heterocycles. The smallest absolute Gasteiger partial charge is 0.253 e. The van der Waals surface area contributed by atoms with E-state index >= 15 is 0 Å². The highest BCUT2D eigenvalue weighted by Gasteiger charge is 2.23. The van der Waals surface area contributed by atoms with Crippen LogP contribution in [0.15, 0.2) is 24.3 Å². The van der Waals surface area contributed by atoms with Crippen LogP contribution in [0.3, 0.4) is 0 Å². The van der Waals surface area contributed by atoms with E-state index in [0.29, 0.717) is 24.4 Å². The zero-order valence-corrected chi connectivity index (χ0v) is 14.1. The van der Waals surface area contributed by atoms with E-state index in [2.05, 4.69) is 16.0 Å². The molecule has 0 spiro atoms. The van der Waals surface area contributed by atoms with Crippen LogP contribution in [-0.4, -0.2) is 44.2 Å². The Balaban J connectivity index is 0.00000264. The van der Waals surface area contributed by atoms with Gasteiger partial charge in [0, 0.05) is 30.9 Å². The third-order valence-electron chi connectivity index (χ3n) is 3.45. The molecule has 1 aliphatic rings. The monoisotopic (exact) mass is 341 g/mol. The number of nitrogens with one attached hydrogen (secondary N) is 3. The maximum atomic E-state index is 12.0. The first-order chi connectivity index (χ1) is 10.7. The Morgan fingerprint density at radius 3 is 2.83 bits per heavy atom. The van der Waals surface area contributed by atoms with Gasteiger partial charge in [-0.2, -0.15) is 0 Å². The fourth-order valence-corrected chi connectivity index (χ4v) is 2.29. The predicted molar refractivity (Wildman–Crippen MR) is 92.2 cm³/mol. The summed E-state index contributed by atoms with van der Waals surface area (Å²) in [6.07, 6.45) is 1.28. The topological polar surface area (TPSA) is 79.5 Å². The Morgan fingerprint density at radius 2 is 2.13 bits per heavy atom. The lowest BCUT2D eigenvalue weighted by atomic mass is 10.1. The molecule has 1 aliphatic heterocycles. The first-order valence-electron chi connectivity index (χ1n) is 7.72. The molecule has 1 fully saturated rings. The van der Waals surface area contributed by atoms with Gasteiger partial charge < -0.3 is 20.7 Å². The number of hydrogen-bond acceptors (Lipinski definition) is 4. The van der Waals surface area contributed by atoms with Crippen molar-refractivity contribution in [3.63, 3.8) is 0 Å². The second-order valence-electron chi connectivity index (χ2n) is 5.18. The van der Waals surface area contributed by atoms with E-state index in [4.69, 9.17) is 4.74 Å². The number of rotatable bonds is 7. The average Bonchev–Trinajstić information content (AvgIpc) is 3.06. The number of halogens is 1. The van der Waals surface area contributed by atoms with Crippen LogP contribution in [0.4, 0.5) is 5.69 Å².